The van der Waals surface area contributed by atoms with Crippen molar-refractivity contribution in [1.82, 2.24) is 19.6 Å². The minimum atomic E-state index is -0.277. The fraction of sp³-hybridized carbons (Fsp3) is 0.294. The van der Waals surface area contributed by atoms with E-state index in [4.69, 9.17) is 0 Å². The third-order valence-corrected chi connectivity index (χ3v) is 4.33. The monoisotopic (exact) mass is 322 g/mol. The molecule has 0 bridgehead atoms. The molecule has 3 aromatic heterocycles. The van der Waals surface area contributed by atoms with Gasteiger partial charge in [-0.05, 0) is 44.0 Å². The third-order valence-electron chi connectivity index (χ3n) is 4.33. The molecule has 1 saturated heterocycles. The second-order valence-corrected chi connectivity index (χ2v) is 5.96. The Morgan fingerprint density at radius 3 is 2.92 bits per heavy atom. The quantitative estimate of drug-likeness (QED) is 0.801. The number of anilines is 2. The molecule has 122 valence electrons. The number of hydrogen-bond acceptors (Lipinski definition) is 5. The van der Waals surface area contributed by atoms with Gasteiger partial charge in [-0.25, -0.2) is 14.5 Å². The topological polar surface area (TPSA) is 75.4 Å². The summed E-state index contributed by atoms with van der Waals surface area (Å²) in [6.45, 7) is 3.19. The van der Waals surface area contributed by atoms with Gasteiger partial charge in [0.15, 0.2) is 11.3 Å². The van der Waals surface area contributed by atoms with Gasteiger partial charge in [-0.2, -0.15) is 0 Å². The second-order valence-electron chi connectivity index (χ2n) is 5.96. The fourth-order valence-electron chi connectivity index (χ4n) is 3.06. The Morgan fingerprint density at radius 2 is 2.17 bits per heavy atom. The number of nitrogens with zero attached hydrogens (tertiary/aromatic N) is 5. The standard InChI is InChI=1S/C17H18N6O/c1-12-5-4-10-22(12)16-8-7-15-19-11-13(23(15)21-16)17(24)20-14-6-2-3-9-18-14/h2-3,6-9,11-12H,4-5,10H2,1H3,(H,18,20,24)/t12-/m0/s1. The van der Waals surface area contributed by atoms with Crippen LogP contribution in [-0.4, -0.2) is 38.1 Å². The average molecular weight is 322 g/mol. The number of carbonyl (C=O) groups is 1. The Morgan fingerprint density at radius 1 is 1.25 bits per heavy atom. The van der Waals surface area contributed by atoms with Crippen LogP contribution in [0.1, 0.15) is 30.3 Å². The zero-order chi connectivity index (χ0) is 16.5. The van der Waals surface area contributed by atoms with Crippen LogP contribution >= 0.6 is 0 Å². The lowest BCUT2D eigenvalue weighted by Gasteiger charge is -2.22. The van der Waals surface area contributed by atoms with Gasteiger partial charge in [-0.15, -0.1) is 5.10 Å². The maximum Gasteiger partial charge on any atom is 0.277 e. The normalized spacial score (nSPS) is 17.4. The van der Waals surface area contributed by atoms with Crippen molar-refractivity contribution in [3.8, 4) is 0 Å². The first-order valence-electron chi connectivity index (χ1n) is 8.06. The van der Waals surface area contributed by atoms with Gasteiger partial charge in [0.05, 0.1) is 6.20 Å². The minimum absolute atomic E-state index is 0.277. The summed E-state index contributed by atoms with van der Waals surface area (Å²) < 4.78 is 1.60. The van der Waals surface area contributed by atoms with Crippen LogP contribution in [0.15, 0.2) is 42.7 Å². The summed E-state index contributed by atoms with van der Waals surface area (Å²) in [7, 11) is 0. The van der Waals surface area contributed by atoms with Crippen molar-refractivity contribution < 1.29 is 4.79 Å². The Labute approximate surface area is 139 Å². The Bertz CT molecular complexity index is 875. The summed E-state index contributed by atoms with van der Waals surface area (Å²) >= 11 is 0. The Hall–Kier alpha value is -2.96. The van der Waals surface area contributed by atoms with Crippen LogP contribution < -0.4 is 10.2 Å². The number of fused-ring (bicyclic) bond motifs is 1. The van der Waals surface area contributed by atoms with E-state index in [1.165, 1.54) is 6.20 Å². The first-order chi connectivity index (χ1) is 11.7. The highest BCUT2D eigenvalue weighted by Gasteiger charge is 2.23. The van der Waals surface area contributed by atoms with E-state index in [0.717, 1.165) is 25.2 Å². The van der Waals surface area contributed by atoms with Crippen LogP contribution in [-0.2, 0) is 0 Å². The van der Waals surface area contributed by atoms with Crippen molar-refractivity contribution in [1.29, 1.82) is 0 Å². The minimum Gasteiger partial charge on any atom is -0.352 e. The molecular formula is C17H18N6O. The van der Waals surface area contributed by atoms with E-state index in [1.54, 1.807) is 22.8 Å². The van der Waals surface area contributed by atoms with Crippen molar-refractivity contribution in [2.75, 3.05) is 16.8 Å². The Kier molecular flexibility index (Phi) is 3.60. The molecule has 1 N–H and O–H groups in total. The summed E-state index contributed by atoms with van der Waals surface area (Å²) in [5, 5.41) is 7.40. The van der Waals surface area contributed by atoms with Crippen LogP contribution in [0.25, 0.3) is 5.65 Å². The highest BCUT2D eigenvalue weighted by atomic mass is 16.2. The molecule has 0 spiro atoms. The predicted molar refractivity (Wildman–Crippen MR) is 91.2 cm³/mol. The maximum atomic E-state index is 12.5. The summed E-state index contributed by atoms with van der Waals surface area (Å²) in [6, 6.07) is 9.68. The maximum absolute atomic E-state index is 12.5. The number of pyridine rings is 1. The van der Waals surface area contributed by atoms with E-state index in [0.29, 0.717) is 23.2 Å². The molecule has 4 heterocycles. The highest BCUT2D eigenvalue weighted by Crippen LogP contribution is 2.23. The molecule has 0 aliphatic carbocycles. The number of nitrogens with one attached hydrogen (secondary N) is 1. The number of aromatic nitrogens is 4. The lowest BCUT2D eigenvalue weighted by molar-refractivity contribution is 0.102. The number of rotatable bonds is 3. The number of carbonyl (C=O) groups excluding carboxylic acids is 1. The lowest BCUT2D eigenvalue weighted by atomic mass is 10.2. The van der Waals surface area contributed by atoms with Crippen LogP contribution in [0.5, 0.6) is 0 Å². The second kappa shape index (κ2) is 5.92. The van der Waals surface area contributed by atoms with Crippen LogP contribution in [0.2, 0.25) is 0 Å². The molecular weight excluding hydrogens is 304 g/mol. The summed E-state index contributed by atoms with van der Waals surface area (Å²) in [5.41, 5.74) is 1.04. The molecule has 0 radical (unpaired) electrons. The largest absolute Gasteiger partial charge is 0.352 e. The Balaban J connectivity index is 1.67. The average Bonchev–Trinajstić information content (AvgIpc) is 3.21. The third kappa shape index (κ3) is 2.58. The van der Waals surface area contributed by atoms with Crippen LogP contribution in [0, 0.1) is 0 Å². The van der Waals surface area contributed by atoms with Crippen molar-refractivity contribution in [3.63, 3.8) is 0 Å². The first kappa shape index (κ1) is 14.6. The number of amides is 1. The van der Waals surface area contributed by atoms with Gasteiger partial charge in [0.2, 0.25) is 0 Å². The summed E-state index contributed by atoms with van der Waals surface area (Å²) in [5.74, 6) is 1.10. The highest BCUT2D eigenvalue weighted by molar-refractivity contribution is 6.02. The van der Waals surface area contributed by atoms with Gasteiger partial charge in [0.25, 0.3) is 5.91 Å². The van der Waals surface area contributed by atoms with E-state index in [2.05, 4.69) is 32.2 Å². The molecule has 3 aromatic rings. The molecule has 1 amide bonds. The van der Waals surface area contributed by atoms with Gasteiger partial charge in [0.1, 0.15) is 11.6 Å². The van der Waals surface area contributed by atoms with E-state index in [9.17, 15) is 4.79 Å². The molecule has 7 nitrogen and oxygen atoms in total. The van der Waals surface area contributed by atoms with E-state index in [1.807, 2.05) is 18.2 Å². The number of imidazole rings is 1. The van der Waals surface area contributed by atoms with Gasteiger partial charge in [-0.3, -0.25) is 4.79 Å². The zero-order valence-corrected chi connectivity index (χ0v) is 13.4. The molecule has 7 heteroatoms. The van der Waals surface area contributed by atoms with Crippen LogP contribution in [0.4, 0.5) is 11.6 Å². The van der Waals surface area contributed by atoms with Crippen molar-refractivity contribution >= 4 is 23.2 Å². The molecule has 0 aromatic carbocycles. The predicted octanol–water partition coefficient (Wildman–Crippen LogP) is 2.37. The van der Waals surface area contributed by atoms with E-state index in [-0.39, 0.29) is 5.91 Å². The first-order valence-corrected chi connectivity index (χ1v) is 8.06. The molecule has 1 aliphatic rings. The molecule has 1 aliphatic heterocycles. The summed E-state index contributed by atoms with van der Waals surface area (Å²) in [4.78, 5) is 23.2. The summed E-state index contributed by atoms with van der Waals surface area (Å²) in [6.07, 6.45) is 5.50. The van der Waals surface area contributed by atoms with Gasteiger partial charge >= 0.3 is 0 Å². The zero-order valence-electron chi connectivity index (χ0n) is 13.4. The smallest absolute Gasteiger partial charge is 0.277 e. The van der Waals surface area contributed by atoms with Crippen LogP contribution in [0.3, 0.4) is 0 Å². The molecule has 4 rings (SSSR count). The van der Waals surface area contributed by atoms with E-state index < -0.39 is 0 Å². The van der Waals surface area contributed by atoms with Gasteiger partial charge in [0, 0.05) is 18.8 Å². The lowest BCUT2D eigenvalue weighted by Crippen LogP contribution is -2.28. The molecule has 0 saturated carbocycles. The van der Waals surface area contributed by atoms with Crippen molar-refractivity contribution in [2.24, 2.45) is 0 Å². The molecule has 1 fully saturated rings. The molecule has 1 atom stereocenters. The SMILES string of the molecule is C[C@H]1CCCN1c1ccc2ncc(C(=O)Nc3ccccn3)n2n1. The van der Waals surface area contributed by atoms with Gasteiger partial charge in [-0.1, -0.05) is 6.07 Å². The van der Waals surface area contributed by atoms with Crippen molar-refractivity contribution in [2.45, 2.75) is 25.8 Å². The molecule has 0 unspecified atom stereocenters. The molecule has 24 heavy (non-hydrogen) atoms. The van der Waals surface area contributed by atoms with Crippen molar-refractivity contribution in [3.05, 3.63) is 48.4 Å². The van der Waals surface area contributed by atoms with Gasteiger partial charge < -0.3 is 10.2 Å². The van der Waals surface area contributed by atoms with E-state index >= 15 is 0 Å². The number of hydrogen-bond donors (Lipinski definition) is 1. The fourth-order valence-corrected chi connectivity index (χ4v) is 3.06.